The van der Waals surface area contributed by atoms with E-state index in [9.17, 15) is 0 Å². The lowest BCUT2D eigenvalue weighted by Gasteiger charge is -2.44. The molecule has 3 aliphatic heterocycles. The van der Waals surface area contributed by atoms with E-state index in [4.69, 9.17) is 24.5 Å². The predicted molar refractivity (Wildman–Crippen MR) is 98.8 cm³/mol. The summed E-state index contributed by atoms with van der Waals surface area (Å²) in [6, 6.07) is 0. The van der Waals surface area contributed by atoms with Crippen LogP contribution in [0.3, 0.4) is 0 Å². The minimum atomic E-state index is -1.82. The number of rotatable bonds is 7. The molecule has 1 aromatic rings. The van der Waals surface area contributed by atoms with Gasteiger partial charge >= 0.3 is 11.9 Å². The Labute approximate surface area is 159 Å². The Kier molecular flexibility index (Phi) is 8.44. The van der Waals surface area contributed by atoms with Gasteiger partial charge in [-0.2, -0.15) is 0 Å². The molecule has 4 heterocycles. The van der Waals surface area contributed by atoms with E-state index in [0.717, 1.165) is 37.1 Å². The molecule has 3 fully saturated rings. The maximum Gasteiger partial charge on any atom is 0.414 e. The summed E-state index contributed by atoms with van der Waals surface area (Å²) < 4.78 is 5.95. The number of hydrogen-bond acceptors (Lipinski definition) is 6. The zero-order valence-corrected chi connectivity index (χ0v) is 15.8. The van der Waals surface area contributed by atoms with Crippen LogP contribution in [-0.4, -0.2) is 63.3 Å². The van der Waals surface area contributed by atoms with E-state index in [1.807, 2.05) is 6.20 Å². The van der Waals surface area contributed by atoms with E-state index in [1.54, 1.807) is 6.20 Å². The van der Waals surface area contributed by atoms with Gasteiger partial charge in [0.2, 0.25) is 5.88 Å². The Morgan fingerprint density at radius 3 is 2.33 bits per heavy atom. The number of piperidine rings is 3. The first-order valence-electron chi connectivity index (χ1n) is 9.65. The highest BCUT2D eigenvalue weighted by Crippen LogP contribution is 2.40. The molecule has 3 saturated heterocycles. The van der Waals surface area contributed by atoms with Gasteiger partial charge in [0.25, 0.3) is 0 Å². The van der Waals surface area contributed by atoms with Crippen LogP contribution in [0.5, 0.6) is 5.88 Å². The maximum atomic E-state index is 9.10. The summed E-state index contributed by atoms with van der Waals surface area (Å²) in [6.07, 6.45) is 11.1. The molecule has 1 aromatic heterocycles. The summed E-state index contributed by atoms with van der Waals surface area (Å²) in [5, 5.41) is 14.8. The first-order valence-corrected chi connectivity index (χ1v) is 9.65. The van der Waals surface area contributed by atoms with Crippen molar-refractivity contribution in [1.82, 2.24) is 14.9 Å². The molecule has 2 N–H and O–H groups in total. The van der Waals surface area contributed by atoms with Crippen molar-refractivity contribution in [2.75, 3.05) is 26.2 Å². The number of hydrogen-bond donors (Lipinski definition) is 2. The van der Waals surface area contributed by atoms with Crippen LogP contribution in [0.2, 0.25) is 0 Å². The molecule has 2 bridgehead atoms. The van der Waals surface area contributed by atoms with Crippen molar-refractivity contribution in [3.05, 3.63) is 18.1 Å². The first-order chi connectivity index (χ1) is 13.0. The van der Waals surface area contributed by atoms with E-state index in [2.05, 4.69) is 21.8 Å². The molecule has 1 unspecified atom stereocenters. The lowest BCUT2D eigenvalue weighted by Crippen LogP contribution is -2.46. The highest BCUT2D eigenvalue weighted by molar-refractivity contribution is 6.27. The lowest BCUT2D eigenvalue weighted by molar-refractivity contribution is -0.159. The quantitative estimate of drug-likeness (QED) is 0.548. The Morgan fingerprint density at radius 1 is 1.11 bits per heavy atom. The van der Waals surface area contributed by atoms with Gasteiger partial charge in [-0.25, -0.2) is 14.6 Å². The van der Waals surface area contributed by atoms with Gasteiger partial charge in [-0.3, -0.25) is 4.98 Å². The highest BCUT2D eigenvalue weighted by Gasteiger charge is 2.37. The van der Waals surface area contributed by atoms with E-state index in [0.29, 0.717) is 5.92 Å². The van der Waals surface area contributed by atoms with Gasteiger partial charge in [0.05, 0.1) is 6.61 Å². The second kappa shape index (κ2) is 10.8. The molecule has 0 radical (unpaired) electrons. The van der Waals surface area contributed by atoms with Crippen molar-refractivity contribution in [2.45, 2.75) is 51.4 Å². The summed E-state index contributed by atoms with van der Waals surface area (Å²) in [6.45, 7) is 6.65. The fourth-order valence-corrected chi connectivity index (χ4v) is 3.67. The Balaban J connectivity index is 0.000000380. The molecule has 0 aliphatic carbocycles. The molecular weight excluding hydrogens is 350 g/mol. The van der Waals surface area contributed by atoms with Crippen LogP contribution in [0.15, 0.2) is 12.4 Å². The van der Waals surface area contributed by atoms with Crippen LogP contribution in [0.4, 0.5) is 0 Å². The van der Waals surface area contributed by atoms with E-state index < -0.39 is 11.9 Å². The molecule has 150 valence electrons. The molecular formula is C19H29N3O5. The average molecular weight is 379 g/mol. The minimum absolute atomic E-state index is 0.520. The van der Waals surface area contributed by atoms with Gasteiger partial charge in [-0.1, -0.05) is 26.2 Å². The molecule has 4 rings (SSSR count). The summed E-state index contributed by atoms with van der Waals surface area (Å²) in [5.41, 5.74) is 1.10. The second-order valence-corrected chi connectivity index (χ2v) is 7.01. The van der Waals surface area contributed by atoms with Gasteiger partial charge < -0.3 is 19.8 Å². The van der Waals surface area contributed by atoms with E-state index >= 15 is 0 Å². The van der Waals surface area contributed by atoms with Crippen LogP contribution < -0.4 is 4.74 Å². The first kappa shape index (κ1) is 21.1. The zero-order valence-electron chi connectivity index (χ0n) is 15.8. The van der Waals surface area contributed by atoms with Crippen molar-refractivity contribution in [3.8, 4) is 5.88 Å². The third kappa shape index (κ3) is 6.46. The Hall–Kier alpha value is -2.22. The topological polar surface area (TPSA) is 113 Å². The zero-order chi connectivity index (χ0) is 19.6. The normalized spacial score (nSPS) is 23.2. The van der Waals surface area contributed by atoms with Gasteiger partial charge in [0.1, 0.15) is 5.69 Å². The van der Waals surface area contributed by atoms with Crippen LogP contribution >= 0.6 is 0 Å². The summed E-state index contributed by atoms with van der Waals surface area (Å²) in [7, 11) is 0. The SMILES string of the molecule is CCCCCCOc1nccnc1C1CN2CCC1CC2.O=C(O)C(=O)O. The van der Waals surface area contributed by atoms with E-state index in [-0.39, 0.29) is 0 Å². The van der Waals surface area contributed by atoms with Gasteiger partial charge in [-0.05, 0) is 38.3 Å². The maximum absolute atomic E-state index is 9.10. The Bertz CT molecular complexity index is 605. The third-order valence-corrected chi connectivity index (χ3v) is 5.12. The molecule has 27 heavy (non-hydrogen) atoms. The van der Waals surface area contributed by atoms with Crippen LogP contribution in [0.1, 0.15) is 57.1 Å². The number of aromatic nitrogens is 2. The van der Waals surface area contributed by atoms with Crippen LogP contribution in [-0.2, 0) is 9.59 Å². The summed E-state index contributed by atoms with van der Waals surface area (Å²) >= 11 is 0. The molecule has 1 atom stereocenters. The standard InChI is InChI=1S/C17H27N3O.C2H2O4/c1-2-3-4-5-12-21-17-16(18-8-9-19-17)15-13-20-10-6-14(15)7-11-20;3-1(4)2(5)6/h8-9,14-15H,2-7,10-13H2,1H3;(H,3,4)(H,5,6). The third-order valence-electron chi connectivity index (χ3n) is 5.12. The highest BCUT2D eigenvalue weighted by atomic mass is 16.5. The number of aliphatic carboxylic acids is 2. The Morgan fingerprint density at radius 2 is 1.78 bits per heavy atom. The van der Waals surface area contributed by atoms with Crippen LogP contribution in [0.25, 0.3) is 0 Å². The number of carbonyl (C=O) groups is 2. The molecule has 3 aliphatic rings. The number of fused-ring (bicyclic) bond motifs is 3. The average Bonchev–Trinajstić information content (AvgIpc) is 2.69. The molecule has 0 spiro atoms. The lowest BCUT2D eigenvalue weighted by atomic mass is 9.77. The molecule has 0 amide bonds. The number of unbranched alkanes of at least 4 members (excludes halogenated alkanes) is 3. The molecule has 8 heteroatoms. The monoisotopic (exact) mass is 379 g/mol. The minimum Gasteiger partial charge on any atom is -0.476 e. The fourth-order valence-electron chi connectivity index (χ4n) is 3.67. The summed E-state index contributed by atoms with van der Waals surface area (Å²) in [4.78, 5) is 29.8. The van der Waals surface area contributed by atoms with Gasteiger partial charge in [0, 0.05) is 24.9 Å². The number of nitrogens with zero attached hydrogens (tertiary/aromatic N) is 3. The molecule has 0 aromatic carbocycles. The second-order valence-electron chi connectivity index (χ2n) is 7.01. The number of carboxylic acid groups (broad SMARTS) is 2. The van der Waals surface area contributed by atoms with Crippen molar-refractivity contribution in [2.24, 2.45) is 5.92 Å². The summed E-state index contributed by atoms with van der Waals surface area (Å²) in [5.74, 6) is -1.57. The van der Waals surface area contributed by atoms with Crippen molar-refractivity contribution >= 4 is 11.9 Å². The van der Waals surface area contributed by atoms with Gasteiger partial charge in [0.15, 0.2) is 0 Å². The molecule has 8 nitrogen and oxygen atoms in total. The predicted octanol–water partition coefficient (Wildman–Crippen LogP) is 2.40. The van der Waals surface area contributed by atoms with Crippen molar-refractivity contribution < 1.29 is 24.5 Å². The molecule has 0 saturated carbocycles. The number of ether oxygens (including phenoxy) is 1. The van der Waals surface area contributed by atoms with Crippen molar-refractivity contribution in [3.63, 3.8) is 0 Å². The van der Waals surface area contributed by atoms with Crippen molar-refractivity contribution in [1.29, 1.82) is 0 Å². The number of carboxylic acids is 2. The smallest absolute Gasteiger partial charge is 0.414 e. The fraction of sp³-hybridized carbons (Fsp3) is 0.684. The van der Waals surface area contributed by atoms with Crippen LogP contribution in [0, 0.1) is 5.92 Å². The largest absolute Gasteiger partial charge is 0.476 e. The van der Waals surface area contributed by atoms with Gasteiger partial charge in [-0.15, -0.1) is 0 Å². The van der Waals surface area contributed by atoms with E-state index in [1.165, 1.54) is 45.2 Å².